The van der Waals surface area contributed by atoms with Gasteiger partial charge in [-0.05, 0) is 95.9 Å². The van der Waals surface area contributed by atoms with Crippen LogP contribution in [0.3, 0.4) is 0 Å². The summed E-state index contributed by atoms with van der Waals surface area (Å²) in [5.74, 6) is 1.45. The number of hydrogen-bond donors (Lipinski definition) is 4. The summed E-state index contributed by atoms with van der Waals surface area (Å²) in [5, 5.41) is 35.1. The molecule has 1 aliphatic rings. The first-order valence-electron chi connectivity index (χ1n) is 11.0. The van der Waals surface area contributed by atoms with E-state index in [1.807, 2.05) is 12.1 Å². The number of carbonyl (C=O) groups excluding carboxylic acids is 2. The van der Waals surface area contributed by atoms with Crippen molar-refractivity contribution in [3.05, 3.63) is 103 Å². The van der Waals surface area contributed by atoms with Crippen LogP contribution in [0.5, 0.6) is 28.7 Å². The van der Waals surface area contributed by atoms with Gasteiger partial charge < -0.3 is 25.2 Å². The minimum Gasteiger partial charge on any atom is -0.508 e. The summed E-state index contributed by atoms with van der Waals surface area (Å²) in [6.07, 6.45) is 5.01. The van der Waals surface area contributed by atoms with Gasteiger partial charge in [0.15, 0.2) is 11.6 Å². The van der Waals surface area contributed by atoms with Crippen molar-refractivity contribution in [2.75, 3.05) is 7.11 Å². The van der Waals surface area contributed by atoms with Crippen molar-refractivity contribution in [1.82, 2.24) is 0 Å². The first-order chi connectivity index (χ1) is 16.9. The zero-order valence-corrected chi connectivity index (χ0v) is 20.8. The number of hydrogen-bond acceptors (Lipinski definition) is 7. The standard InChI is InChI=1S/C10H14O.C7H8O2.C6H6O2.C6H4O2/c1-10(2,3)8-4-6-9(11)7-5-8;1-9-7-4-2-6(8)3-5-7;2*7-5-1-2-6(8)4-3-5/h4-7,11H,1-3H3;2-5,8H,1H3;1-4,7-8H;1-4H. The van der Waals surface area contributed by atoms with E-state index in [4.69, 9.17) is 25.2 Å². The van der Waals surface area contributed by atoms with Crippen molar-refractivity contribution < 1.29 is 34.8 Å². The molecular weight excluding hydrogens is 460 g/mol. The number of carbonyl (C=O) groups is 2. The van der Waals surface area contributed by atoms with Crippen LogP contribution in [-0.2, 0) is 15.0 Å². The lowest BCUT2D eigenvalue weighted by Gasteiger charge is -2.18. The molecule has 0 heterocycles. The van der Waals surface area contributed by atoms with E-state index in [2.05, 4.69) is 20.8 Å². The van der Waals surface area contributed by atoms with Crippen molar-refractivity contribution >= 4 is 11.6 Å². The molecule has 0 bridgehead atoms. The lowest BCUT2D eigenvalue weighted by Crippen LogP contribution is -2.10. The Kier molecular flexibility index (Phi) is 12.0. The monoisotopic (exact) mass is 492 g/mol. The molecule has 0 aliphatic heterocycles. The number of methoxy groups -OCH3 is 1. The van der Waals surface area contributed by atoms with E-state index in [0.29, 0.717) is 5.75 Å². The fourth-order valence-electron chi connectivity index (χ4n) is 2.44. The lowest BCUT2D eigenvalue weighted by atomic mass is 9.87. The van der Waals surface area contributed by atoms with Crippen molar-refractivity contribution in [3.63, 3.8) is 0 Å². The van der Waals surface area contributed by atoms with Crippen molar-refractivity contribution in [2.24, 2.45) is 0 Å². The first-order valence-corrected chi connectivity index (χ1v) is 11.0. The Morgan fingerprint density at radius 1 is 0.528 bits per heavy atom. The Balaban J connectivity index is 0.000000242. The molecule has 1 aliphatic carbocycles. The number of rotatable bonds is 1. The molecule has 3 aromatic rings. The maximum atomic E-state index is 10.3. The van der Waals surface area contributed by atoms with E-state index < -0.39 is 0 Å². The highest BCUT2D eigenvalue weighted by Crippen LogP contribution is 2.23. The van der Waals surface area contributed by atoms with Crippen LogP contribution in [0.15, 0.2) is 97.1 Å². The number of phenols is 4. The van der Waals surface area contributed by atoms with Gasteiger partial charge in [0.2, 0.25) is 0 Å². The molecule has 0 radical (unpaired) electrons. The molecule has 190 valence electrons. The molecule has 4 rings (SSSR count). The van der Waals surface area contributed by atoms with Crippen LogP contribution in [0.2, 0.25) is 0 Å². The van der Waals surface area contributed by atoms with Gasteiger partial charge in [-0.2, -0.15) is 0 Å². The van der Waals surface area contributed by atoms with Crippen LogP contribution in [0.25, 0.3) is 0 Å². The Hall–Kier alpha value is -4.52. The van der Waals surface area contributed by atoms with Crippen LogP contribution in [0.4, 0.5) is 0 Å². The topological polar surface area (TPSA) is 124 Å². The number of allylic oxidation sites excluding steroid dienone is 4. The van der Waals surface area contributed by atoms with Gasteiger partial charge in [0.1, 0.15) is 28.7 Å². The summed E-state index contributed by atoms with van der Waals surface area (Å²) >= 11 is 0. The SMILES string of the molecule is CC(C)(C)c1ccc(O)cc1.COc1ccc(O)cc1.O=C1C=CC(=O)C=C1.Oc1ccc(O)cc1. The number of phenolic OH excluding ortho intramolecular Hbond substituents is 4. The first kappa shape index (κ1) is 29.5. The highest BCUT2D eigenvalue weighted by atomic mass is 16.5. The van der Waals surface area contributed by atoms with Crippen LogP contribution >= 0.6 is 0 Å². The molecule has 0 spiro atoms. The van der Waals surface area contributed by atoms with Gasteiger partial charge in [-0.15, -0.1) is 0 Å². The third-order valence-corrected chi connectivity index (χ3v) is 4.48. The highest BCUT2D eigenvalue weighted by Gasteiger charge is 2.12. The summed E-state index contributed by atoms with van der Waals surface area (Å²) in [7, 11) is 1.59. The predicted octanol–water partition coefficient (Wildman–Crippen LogP) is 5.44. The van der Waals surface area contributed by atoms with Crippen LogP contribution in [-0.4, -0.2) is 39.1 Å². The second kappa shape index (κ2) is 14.7. The summed E-state index contributed by atoms with van der Waals surface area (Å²) in [6, 6.07) is 19.6. The van der Waals surface area contributed by atoms with Crippen LogP contribution < -0.4 is 4.74 Å². The predicted molar refractivity (Wildman–Crippen MR) is 140 cm³/mol. The van der Waals surface area contributed by atoms with Gasteiger partial charge in [-0.3, -0.25) is 9.59 Å². The number of benzene rings is 3. The summed E-state index contributed by atoms with van der Waals surface area (Å²) in [5.41, 5.74) is 1.42. The molecule has 0 saturated carbocycles. The Bertz CT molecular complexity index is 1080. The molecule has 0 saturated heterocycles. The molecule has 3 aromatic carbocycles. The molecular formula is C29H32O7. The summed E-state index contributed by atoms with van der Waals surface area (Å²) in [4.78, 5) is 20.6. The lowest BCUT2D eigenvalue weighted by molar-refractivity contribution is -0.113. The van der Waals surface area contributed by atoms with E-state index in [-0.39, 0.29) is 34.2 Å². The second-order valence-electron chi connectivity index (χ2n) is 8.48. The van der Waals surface area contributed by atoms with E-state index in [9.17, 15) is 9.59 Å². The molecule has 0 atom stereocenters. The average Bonchev–Trinajstić information content (AvgIpc) is 2.84. The average molecular weight is 493 g/mol. The van der Waals surface area contributed by atoms with Crippen molar-refractivity contribution in [2.45, 2.75) is 26.2 Å². The molecule has 0 amide bonds. The van der Waals surface area contributed by atoms with Crippen LogP contribution in [0, 0.1) is 0 Å². The van der Waals surface area contributed by atoms with Crippen molar-refractivity contribution in [1.29, 1.82) is 0 Å². The van der Waals surface area contributed by atoms with Gasteiger partial charge in [0.05, 0.1) is 7.11 Å². The molecule has 0 unspecified atom stereocenters. The molecule has 0 fully saturated rings. The number of aromatic hydroxyl groups is 4. The summed E-state index contributed by atoms with van der Waals surface area (Å²) < 4.78 is 4.86. The normalized spacial score (nSPS) is 11.7. The third-order valence-electron chi connectivity index (χ3n) is 4.48. The minimum atomic E-state index is -0.121. The number of ketones is 2. The largest absolute Gasteiger partial charge is 0.508 e. The zero-order valence-electron chi connectivity index (χ0n) is 20.8. The molecule has 7 heteroatoms. The maximum Gasteiger partial charge on any atom is 0.178 e. The van der Waals surface area contributed by atoms with Gasteiger partial charge in [-0.1, -0.05) is 32.9 Å². The Morgan fingerprint density at radius 3 is 1.08 bits per heavy atom. The third kappa shape index (κ3) is 12.6. The van der Waals surface area contributed by atoms with E-state index in [1.165, 1.54) is 54.1 Å². The van der Waals surface area contributed by atoms with E-state index in [0.717, 1.165) is 5.75 Å². The molecule has 7 nitrogen and oxygen atoms in total. The minimum absolute atomic E-state index is 0.121. The highest BCUT2D eigenvalue weighted by molar-refractivity contribution is 6.14. The van der Waals surface area contributed by atoms with Gasteiger partial charge in [0, 0.05) is 0 Å². The van der Waals surface area contributed by atoms with E-state index in [1.54, 1.807) is 43.5 Å². The van der Waals surface area contributed by atoms with Gasteiger partial charge in [-0.25, -0.2) is 0 Å². The van der Waals surface area contributed by atoms with Crippen LogP contribution in [0.1, 0.15) is 26.3 Å². The van der Waals surface area contributed by atoms with Crippen molar-refractivity contribution in [3.8, 4) is 28.7 Å². The van der Waals surface area contributed by atoms with Gasteiger partial charge >= 0.3 is 0 Å². The smallest absolute Gasteiger partial charge is 0.178 e. The molecule has 36 heavy (non-hydrogen) atoms. The quantitative estimate of drug-likeness (QED) is 0.263. The Labute approximate surface area is 211 Å². The van der Waals surface area contributed by atoms with E-state index >= 15 is 0 Å². The zero-order chi connectivity index (χ0) is 27.1. The fourth-order valence-corrected chi connectivity index (χ4v) is 2.44. The maximum absolute atomic E-state index is 10.3. The summed E-state index contributed by atoms with van der Waals surface area (Å²) in [6.45, 7) is 6.46. The van der Waals surface area contributed by atoms with Gasteiger partial charge in [0.25, 0.3) is 0 Å². The second-order valence-corrected chi connectivity index (χ2v) is 8.48. The fraction of sp³-hybridized carbons (Fsp3) is 0.172. The Morgan fingerprint density at radius 2 is 0.806 bits per heavy atom. The molecule has 4 N–H and O–H groups in total. The molecule has 0 aromatic heterocycles. The number of ether oxygens (including phenoxy) is 1.